The maximum atomic E-state index is 12.4. The summed E-state index contributed by atoms with van der Waals surface area (Å²) < 4.78 is 1.81. The van der Waals surface area contributed by atoms with E-state index in [-0.39, 0.29) is 12.6 Å². The Labute approximate surface area is 141 Å². The second-order valence-electron chi connectivity index (χ2n) is 6.08. The Hall–Kier alpha value is -2.41. The number of aryl methyl sites for hydroxylation is 2. The SMILES string of the molecule is Cc1cccc(CCNC(=O)N2CCc3c(c(CO)nn3C)C2)n1. The lowest BCUT2D eigenvalue weighted by molar-refractivity contribution is 0.191. The molecule has 0 aliphatic carbocycles. The molecule has 2 N–H and O–H groups in total. The molecule has 0 atom stereocenters. The van der Waals surface area contributed by atoms with Crippen molar-refractivity contribution in [2.75, 3.05) is 13.1 Å². The van der Waals surface area contributed by atoms with E-state index >= 15 is 0 Å². The van der Waals surface area contributed by atoms with Gasteiger partial charge in [0.05, 0.1) is 18.8 Å². The molecule has 2 amide bonds. The van der Waals surface area contributed by atoms with Crippen LogP contribution in [0.25, 0.3) is 0 Å². The van der Waals surface area contributed by atoms with Gasteiger partial charge in [0.25, 0.3) is 0 Å². The summed E-state index contributed by atoms with van der Waals surface area (Å²) in [6.07, 6.45) is 1.47. The Balaban J connectivity index is 1.56. The van der Waals surface area contributed by atoms with Gasteiger partial charge in [-0.25, -0.2) is 4.79 Å². The van der Waals surface area contributed by atoms with E-state index in [1.807, 2.05) is 32.2 Å². The van der Waals surface area contributed by atoms with Crippen LogP contribution in [0.4, 0.5) is 4.79 Å². The molecule has 0 fully saturated rings. The second-order valence-corrected chi connectivity index (χ2v) is 6.08. The molecule has 2 aromatic rings. The van der Waals surface area contributed by atoms with E-state index in [1.54, 1.807) is 9.58 Å². The van der Waals surface area contributed by atoms with Crippen molar-refractivity contribution in [3.63, 3.8) is 0 Å². The van der Waals surface area contributed by atoms with Gasteiger partial charge in [0.2, 0.25) is 0 Å². The number of hydrogen-bond acceptors (Lipinski definition) is 4. The average Bonchev–Trinajstić information content (AvgIpc) is 2.90. The monoisotopic (exact) mass is 329 g/mol. The number of rotatable bonds is 4. The van der Waals surface area contributed by atoms with Crippen molar-refractivity contribution in [2.45, 2.75) is 32.9 Å². The number of urea groups is 1. The predicted octanol–water partition coefficient (Wildman–Crippen LogP) is 0.926. The van der Waals surface area contributed by atoms with E-state index in [9.17, 15) is 9.90 Å². The minimum atomic E-state index is -0.0995. The zero-order valence-corrected chi connectivity index (χ0v) is 14.1. The minimum Gasteiger partial charge on any atom is -0.390 e. The van der Waals surface area contributed by atoms with E-state index in [2.05, 4.69) is 15.4 Å². The van der Waals surface area contributed by atoms with E-state index in [0.29, 0.717) is 31.7 Å². The van der Waals surface area contributed by atoms with E-state index in [1.165, 1.54) is 0 Å². The molecule has 7 heteroatoms. The van der Waals surface area contributed by atoms with Crippen LogP contribution in [-0.4, -0.2) is 43.9 Å². The summed E-state index contributed by atoms with van der Waals surface area (Å²) in [5.74, 6) is 0. The lowest BCUT2D eigenvalue weighted by Crippen LogP contribution is -2.43. The number of hydrogen-bond donors (Lipinski definition) is 2. The van der Waals surface area contributed by atoms with Crippen LogP contribution in [0.2, 0.25) is 0 Å². The first-order valence-electron chi connectivity index (χ1n) is 8.18. The first kappa shape index (κ1) is 16.4. The molecule has 7 nitrogen and oxygen atoms in total. The fourth-order valence-electron chi connectivity index (χ4n) is 3.12. The Morgan fingerprint density at radius 2 is 2.25 bits per heavy atom. The van der Waals surface area contributed by atoms with Gasteiger partial charge >= 0.3 is 6.03 Å². The number of fused-ring (bicyclic) bond motifs is 1. The summed E-state index contributed by atoms with van der Waals surface area (Å²) in [5.41, 5.74) is 4.70. The maximum Gasteiger partial charge on any atom is 0.317 e. The third-order valence-electron chi connectivity index (χ3n) is 4.37. The van der Waals surface area contributed by atoms with Crippen LogP contribution in [0, 0.1) is 6.92 Å². The first-order valence-corrected chi connectivity index (χ1v) is 8.18. The highest BCUT2D eigenvalue weighted by Gasteiger charge is 2.26. The van der Waals surface area contributed by atoms with Gasteiger partial charge in [-0.1, -0.05) is 6.07 Å². The Bertz CT molecular complexity index is 741. The summed E-state index contributed by atoms with van der Waals surface area (Å²) in [7, 11) is 1.88. The summed E-state index contributed by atoms with van der Waals surface area (Å²) in [6, 6.07) is 5.82. The molecule has 3 rings (SSSR count). The van der Waals surface area contributed by atoms with Gasteiger partial charge in [0.1, 0.15) is 0 Å². The molecular formula is C17H23N5O2. The van der Waals surface area contributed by atoms with Gasteiger partial charge in [0, 0.05) is 55.6 Å². The lowest BCUT2D eigenvalue weighted by atomic mass is 10.1. The summed E-state index contributed by atoms with van der Waals surface area (Å²) in [5, 5.41) is 16.7. The highest BCUT2D eigenvalue weighted by atomic mass is 16.3. The van der Waals surface area contributed by atoms with Gasteiger partial charge in [-0.3, -0.25) is 9.67 Å². The number of carbonyl (C=O) groups is 1. The Kier molecular flexibility index (Phi) is 4.80. The van der Waals surface area contributed by atoms with E-state index < -0.39 is 0 Å². The van der Waals surface area contributed by atoms with Crippen LogP contribution >= 0.6 is 0 Å². The molecule has 0 saturated heterocycles. The molecule has 24 heavy (non-hydrogen) atoms. The van der Waals surface area contributed by atoms with Crippen molar-refractivity contribution in [3.05, 3.63) is 46.5 Å². The van der Waals surface area contributed by atoms with E-state index in [4.69, 9.17) is 0 Å². The molecule has 0 aromatic carbocycles. The van der Waals surface area contributed by atoms with Gasteiger partial charge in [-0.2, -0.15) is 5.10 Å². The Morgan fingerprint density at radius 1 is 1.42 bits per heavy atom. The normalized spacial score (nSPS) is 13.7. The summed E-state index contributed by atoms with van der Waals surface area (Å²) in [4.78, 5) is 18.6. The molecule has 0 unspecified atom stereocenters. The van der Waals surface area contributed by atoms with Crippen LogP contribution in [-0.2, 0) is 33.0 Å². The van der Waals surface area contributed by atoms with Gasteiger partial charge < -0.3 is 15.3 Å². The third kappa shape index (κ3) is 3.41. The topological polar surface area (TPSA) is 83.3 Å². The number of amides is 2. The fourth-order valence-corrected chi connectivity index (χ4v) is 3.12. The third-order valence-corrected chi connectivity index (χ3v) is 4.37. The molecular weight excluding hydrogens is 306 g/mol. The smallest absolute Gasteiger partial charge is 0.317 e. The first-order chi connectivity index (χ1) is 11.6. The van der Waals surface area contributed by atoms with E-state index in [0.717, 1.165) is 29.1 Å². The number of carbonyl (C=O) groups excluding carboxylic acids is 1. The summed E-state index contributed by atoms with van der Waals surface area (Å²) >= 11 is 0. The largest absolute Gasteiger partial charge is 0.390 e. The zero-order chi connectivity index (χ0) is 17.1. The van der Waals surface area contributed by atoms with Crippen LogP contribution in [0.5, 0.6) is 0 Å². The average molecular weight is 329 g/mol. The number of pyridine rings is 1. The molecule has 3 heterocycles. The van der Waals surface area contributed by atoms with Crippen LogP contribution in [0.15, 0.2) is 18.2 Å². The standard InChI is InChI=1S/C17H23N5O2/c1-12-4-3-5-13(19-12)6-8-18-17(24)22-9-7-16-14(10-22)15(11-23)20-21(16)2/h3-5,23H,6-11H2,1-2H3,(H,18,24). The van der Waals surface area contributed by atoms with Crippen molar-refractivity contribution in [1.82, 2.24) is 25.0 Å². The zero-order valence-electron chi connectivity index (χ0n) is 14.1. The van der Waals surface area contributed by atoms with Gasteiger partial charge in [0.15, 0.2) is 0 Å². The van der Waals surface area contributed by atoms with Crippen LogP contribution in [0.3, 0.4) is 0 Å². The van der Waals surface area contributed by atoms with Crippen molar-refractivity contribution in [1.29, 1.82) is 0 Å². The lowest BCUT2D eigenvalue weighted by Gasteiger charge is -2.27. The van der Waals surface area contributed by atoms with Crippen LogP contribution < -0.4 is 5.32 Å². The highest BCUT2D eigenvalue weighted by Crippen LogP contribution is 2.22. The van der Waals surface area contributed by atoms with Crippen LogP contribution in [0.1, 0.15) is 28.3 Å². The molecule has 0 bridgehead atoms. The molecule has 0 spiro atoms. The van der Waals surface area contributed by atoms with Gasteiger partial charge in [-0.05, 0) is 19.1 Å². The quantitative estimate of drug-likeness (QED) is 0.874. The fraction of sp³-hybridized carbons (Fsp3) is 0.471. The highest BCUT2D eigenvalue weighted by molar-refractivity contribution is 5.74. The molecule has 0 saturated carbocycles. The molecule has 128 valence electrons. The number of aliphatic hydroxyl groups is 1. The molecule has 1 aliphatic heterocycles. The summed E-state index contributed by atoms with van der Waals surface area (Å²) in [6.45, 7) is 3.57. The number of aliphatic hydroxyl groups excluding tert-OH is 1. The molecule has 2 aromatic heterocycles. The second kappa shape index (κ2) is 7.00. The number of aromatic nitrogens is 3. The Morgan fingerprint density at radius 3 is 3.00 bits per heavy atom. The number of nitrogens with zero attached hydrogens (tertiary/aromatic N) is 4. The maximum absolute atomic E-state index is 12.4. The molecule has 1 aliphatic rings. The van der Waals surface area contributed by atoms with Crippen molar-refractivity contribution in [3.8, 4) is 0 Å². The van der Waals surface area contributed by atoms with Crippen molar-refractivity contribution in [2.24, 2.45) is 7.05 Å². The van der Waals surface area contributed by atoms with Crippen molar-refractivity contribution >= 4 is 6.03 Å². The number of nitrogens with one attached hydrogen (secondary N) is 1. The van der Waals surface area contributed by atoms with Gasteiger partial charge in [-0.15, -0.1) is 0 Å². The minimum absolute atomic E-state index is 0.0824. The predicted molar refractivity (Wildman–Crippen MR) is 89.3 cm³/mol. The molecule has 0 radical (unpaired) electrons. The van der Waals surface area contributed by atoms with Crippen molar-refractivity contribution < 1.29 is 9.90 Å².